The molecule has 2 rings (SSSR count). The van der Waals surface area contributed by atoms with Crippen LogP contribution in [0.4, 0.5) is 0 Å². The van der Waals surface area contributed by atoms with Crippen molar-refractivity contribution in [2.45, 2.75) is 38.1 Å². The minimum Gasteiger partial charge on any atom is -0.356 e. The maximum atomic E-state index is 11.6. The second-order valence-corrected chi connectivity index (χ2v) is 4.01. The summed E-state index contributed by atoms with van der Waals surface area (Å²) >= 11 is 0. The van der Waals surface area contributed by atoms with Gasteiger partial charge in [0.25, 0.3) is 0 Å². The number of carbonyl (C=O) groups excluding carboxylic acids is 1. The molecule has 6 nitrogen and oxygen atoms in total. The van der Waals surface area contributed by atoms with Crippen molar-refractivity contribution in [2.24, 2.45) is 5.11 Å². The molecule has 0 radical (unpaired) electrons. The first-order valence-corrected chi connectivity index (χ1v) is 4.59. The van der Waals surface area contributed by atoms with Crippen LogP contribution in [0.2, 0.25) is 0 Å². The Kier molecular flexibility index (Phi) is 1.90. The van der Waals surface area contributed by atoms with Crippen molar-refractivity contribution in [1.29, 1.82) is 0 Å². The molecule has 2 aliphatic heterocycles. The predicted octanol–water partition coefficient (Wildman–Crippen LogP) is 1.03. The van der Waals surface area contributed by atoms with Crippen molar-refractivity contribution < 1.29 is 9.53 Å². The molecule has 2 aliphatic rings. The number of fused-ring (bicyclic) bond motifs is 1. The van der Waals surface area contributed by atoms with Crippen LogP contribution in [0.5, 0.6) is 0 Å². The van der Waals surface area contributed by atoms with E-state index >= 15 is 0 Å². The molecule has 1 amide bonds. The topological polar surface area (TPSA) is 78.3 Å². The van der Waals surface area contributed by atoms with Gasteiger partial charge in [-0.3, -0.25) is 4.79 Å². The number of amides is 1. The highest BCUT2D eigenvalue weighted by Gasteiger charge is 2.55. The van der Waals surface area contributed by atoms with Gasteiger partial charge in [-0.2, -0.15) is 0 Å². The second-order valence-electron chi connectivity index (χ2n) is 4.01. The summed E-state index contributed by atoms with van der Waals surface area (Å²) in [7, 11) is 0. The molecule has 2 atom stereocenters. The van der Waals surface area contributed by atoms with Gasteiger partial charge in [0.1, 0.15) is 11.8 Å². The maximum absolute atomic E-state index is 11.6. The molecule has 2 saturated heterocycles. The van der Waals surface area contributed by atoms with Crippen LogP contribution in [-0.2, 0) is 9.53 Å². The summed E-state index contributed by atoms with van der Waals surface area (Å²) in [5, 5.41) is 3.49. The highest BCUT2D eigenvalue weighted by Crippen LogP contribution is 2.37. The van der Waals surface area contributed by atoms with Gasteiger partial charge in [0, 0.05) is 4.91 Å². The average Bonchev–Trinajstić information content (AvgIpc) is 2.12. The number of carbonyl (C=O) groups is 1. The van der Waals surface area contributed by atoms with Crippen molar-refractivity contribution in [3.05, 3.63) is 10.4 Å². The molecule has 14 heavy (non-hydrogen) atoms. The first kappa shape index (κ1) is 9.30. The van der Waals surface area contributed by atoms with E-state index in [1.54, 1.807) is 4.90 Å². The first-order chi connectivity index (χ1) is 6.58. The summed E-state index contributed by atoms with van der Waals surface area (Å²) in [5.41, 5.74) is 7.74. The van der Waals surface area contributed by atoms with Crippen LogP contribution in [0.1, 0.15) is 20.3 Å². The molecule has 0 aromatic heterocycles. The number of azide groups is 1. The van der Waals surface area contributed by atoms with E-state index in [0.717, 1.165) is 6.42 Å². The summed E-state index contributed by atoms with van der Waals surface area (Å²) in [6, 6.07) is -0.481. The molecule has 0 saturated carbocycles. The van der Waals surface area contributed by atoms with Crippen LogP contribution in [0.3, 0.4) is 0 Å². The molecule has 0 aliphatic carbocycles. The van der Waals surface area contributed by atoms with Crippen LogP contribution >= 0.6 is 0 Å². The number of nitrogens with zero attached hydrogens (tertiary/aromatic N) is 4. The zero-order valence-corrected chi connectivity index (χ0v) is 8.17. The SMILES string of the molecule is CC1(C)OCC[C@@H]2[C@H](N=[N+]=[N-])C(=O)N21. The second kappa shape index (κ2) is 2.87. The molecular formula is C8H12N4O2. The van der Waals surface area contributed by atoms with E-state index in [9.17, 15) is 4.79 Å². The summed E-state index contributed by atoms with van der Waals surface area (Å²) in [6.45, 7) is 4.31. The van der Waals surface area contributed by atoms with Gasteiger partial charge in [-0.05, 0) is 25.8 Å². The molecule has 76 valence electrons. The quantitative estimate of drug-likeness (QED) is 0.272. The molecule has 0 aromatic rings. The summed E-state index contributed by atoms with van der Waals surface area (Å²) in [5.74, 6) is -0.127. The Morgan fingerprint density at radius 3 is 3.07 bits per heavy atom. The lowest BCUT2D eigenvalue weighted by molar-refractivity contribution is -0.223. The summed E-state index contributed by atoms with van der Waals surface area (Å²) in [6.07, 6.45) is 0.749. The lowest BCUT2D eigenvalue weighted by atomic mass is 9.88. The third-order valence-electron chi connectivity index (χ3n) is 2.81. The van der Waals surface area contributed by atoms with Crippen LogP contribution < -0.4 is 0 Å². The third-order valence-corrected chi connectivity index (χ3v) is 2.81. The summed E-state index contributed by atoms with van der Waals surface area (Å²) in [4.78, 5) is 15.9. The van der Waals surface area contributed by atoms with Gasteiger partial charge in [-0.1, -0.05) is 5.11 Å². The van der Waals surface area contributed by atoms with Gasteiger partial charge in [-0.25, -0.2) is 0 Å². The number of rotatable bonds is 1. The minimum atomic E-state index is -0.554. The Hall–Kier alpha value is -1.26. The fraction of sp³-hybridized carbons (Fsp3) is 0.875. The van der Waals surface area contributed by atoms with Gasteiger partial charge in [0.2, 0.25) is 5.91 Å². The van der Waals surface area contributed by atoms with Crippen molar-refractivity contribution in [3.8, 4) is 0 Å². The fourth-order valence-electron chi connectivity index (χ4n) is 2.16. The Labute approximate surface area is 81.5 Å². The van der Waals surface area contributed by atoms with Crippen LogP contribution in [-0.4, -0.2) is 35.2 Å². The molecule has 0 spiro atoms. The molecule has 6 heteroatoms. The Balaban J connectivity index is 2.21. The number of β-lactam (4-membered cyclic amide) rings is 1. The van der Waals surface area contributed by atoms with Crippen LogP contribution in [0, 0.1) is 0 Å². The smallest absolute Gasteiger partial charge is 0.236 e. The van der Waals surface area contributed by atoms with Gasteiger partial charge in [0.15, 0.2) is 0 Å². The zero-order chi connectivity index (χ0) is 10.3. The maximum Gasteiger partial charge on any atom is 0.236 e. The molecule has 2 fully saturated rings. The molecular weight excluding hydrogens is 184 g/mol. The predicted molar refractivity (Wildman–Crippen MR) is 48.2 cm³/mol. The number of hydrogen-bond acceptors (Lipinski definition) is 3. The molecule has 2 heterocycles. The highest BCUT2D eigenvalue weighted by molar-refractivity contribution is 5.90. The molecule has 0 unspecified atom stereocenters. The largest absolute Gasteiger partial charge is 0.356 e. The van der Waals surface area contributed by atoms with E-state index in [4.69, 9.17) is 10.3 Å². The van der Waals surface area contributed by atoms with Crippen LogP contribution in [0.25, 0.3) is 10.4 Å². The highest BCUT2D eigenvalue weighted by atomic mass is 16.5. The van der Waals surface area contributed by atoms with Gasteiger partial charge in [-0.15, -0.1) is 0 Å². The van der Waals surface area contributed by atoms with E-state index in [1.807, 2.05) is 13.8 Å². The third kappa shape index (κ3) is 1.08. The Morgan fingerprint density at radius 2 is 2.43 bits per heavy atom. The standard InChI is InChI=1S/C8H12N4O2/c1-8(2)12-5(3-4-14-8)6(7(12)13)10-11-9/h5-6H,3-4H2,1-2H3/t5-,6+/m1/s1. The van der Waals surface area contributed by atoms with Crippen LogP contribution in [0.15, 0.2) is 5.11 Å². The van der Waals surface area contributed by atoms with Crippen molar-refractivity contribution in [3.63, 3.8) is 0 Å². The number of ether oxygens (including phenoxy) is 1. The van der Waals surface area contributed by atoms with E-state index in [0.29, 0.717) is 6.61 Å². The normalized spacial score (nSPS) is 34.1. The minimum absolute atomic E-state index is 0.0298. The van der Waals surface area contributed by atoms with Crippen molar-refractivity contribution >= 4 is 5.91 Å². The van der Waals surface area contributed by atoms with Gasteiger partial charge >= 0.3 is 0 Å². The van der Waals surface area contributed by atoms with E-state index in [2.05, 4.69) is 10.0 Å². The lowest BCUT2D eigenvalue weighted by Gasteiger charge is -2.56. The molecule has 0 aromatic carbocycles. The molecule has 0 bridgehead atoms. The molecule has 0 N–H and O–H groups in total. The first-order valence-electron chi connectivity index (χ1n) is 4.59. The van der Waals surface area contributed by atoms with Gasteiger partial charge in [0.05, 0.1) is 12.6 Å². The van der Waals surface area contributed by atoms with E-state index in [-0.39, 0.29) is 11.9 Å². The Bertz CT molecular complexity index is 321. The van der Waals surface area contributed by atoms with E-state index in [1.165, 1.54) is 0 Å². The Morgan fingerprint density at radius 1 is 1.71 bits per heavy atom. The van der Waals surface area contributed by atoms with Crippen molar-refractivity contribution in [2.75, 3.05) is 6.61 Å². The zero-order valence-electron chi connectivity index (χ0n) is 8.17. The van der Waals surface area contributed by atoms with Gasteiger partial charge < -0.3 is 9.64 Å². The number of hydrogen-bond donors (Lipinski definition) is 0. The fourth-order valence-corrected chi connectivity index (χ4v) is 2.16. The summed E-state index contributed by atoms with van der Waals surface area (Å²) < 4.78 is 5.47. The monoisotopic (exact) mass is 196 g/mol. The van der Waals surface area contributed by atoms with E-state index < -0.39 is 11.8 Å². The lowest BCUT2D eigenvalue weighted by Crippen LogP contribution is -2.73. The average molecular weight is 196 g/mol. The van der Waals surface area contributed by atoms with Crippen molar-refractivity contribution in [1.82, 2.24) is 4.90 Å².